The van der Waals surface area contributed by atoms with Gasteiger partial charge in [0.2, 0.25) is 0 Å². The van der Waals surface area contributed by atoms with E-state index in [-0.39, 0.29) is 0 Å². The van der Waals surface area contributed by atoms with Crippen LogP contribution in [0.15, 0.2) is 133 Å². The summed E-state index contributed by atoms with van der Waals surface area (Å²) < 4.78 is 2.47. The molecule has 3 aromatic heterocycles. The summed E-state index contributed by atoms with van der Waals surface area (Å²) >= 11 is 1.81. The number of hydrogen-bond acceptors (Lipinski definition) is 5. The van der Waals surface area contributed by atoms with E-state index in [4.69, 9.17) is 19.9 Å². The molecule has 0 unspecified atom stereocenters. The van der Waals surface area contributed by atoms with E-state index in [1.54, 1.807) is 0 Å². The predicted octanol–water partition coefficient (Wildman–Crippen LogP) is 9.46. The third-order valence-electron chi connectivity index (χ3n) is 7.31. The molecule has 0 aliphatic carbocycles. The summed E-state index contributed by atoms with van der Waals surface area (Å²) in [6.07, 6.45) is 0. The Morgan fingerprint density at radius 2 is 0.951 bits per heavy atom. The molecule has 5 aromatic carbocycles. The van der Waals surface area contributed by atoms with Gasteiger partial charge in [0.05, 0.1) is 11.2 Å². The van der Waals surface area contributed by atoms with E-state index < -0.39 is 0 Å². The summed E-state index contributed by atoms with van der Waals surface area (Å²) in [4.78, 5) is 20.0. The quantitative estimate of drug-likeness (QED) is 0.222. The molecule has 0 atom stereocenters. The zero-order valence-electron chi connectivity index (χ0n) is 21.9. The Morgan fingerprint density at radius 1 is 0.415 bits per heavy atom. The number of nitrogens with zero attached hydrogens (tertiary/aromatic N) is 4. The van der Waals surface area contributed by atoms with Crippen LogP contribution in [0.3, 0.4) is 0 Å². The van der Waals surface area contributed by atoms with Crippen molar-refractivity contribution in [3.8, 4) is 45.4 Å². The molecular formula is C36H22N4S. The SMILES string of the molecule is c1ccc(-c2nc(-c3ccccc3)nc(-c3ccc4nc(-c5ccccc5)c5c6ccccc6sc5c4c3)n2)cc1. The molecule has 0 aliphatic rings. The van der Waals surface area contributed by atoms with Crippen molar-refractivity contribution in [2.24, 2.45) is 0 Å². The Hall–Kier alpha value is -5.26. The second-order valence-electron chi connectivity index (χ2n) is 9.90. The van der Waals surface area contributed by atoms with Gasteiger partial charge in [0.25, 0.3) is 0 Å². The van der Waals surface area contributed by atoms with Crippen LogP contribution in [0, 0.1) is 0 Å². The first-order valence-corrected chi connectivity index (χ1v) is 14.3. The van der Waals surface area contributed by atoms with E-state index in [2.05, 4.69) is 66.7 Å². The van der Waals surface area contributed by atoms with E-state index in [9.17, 15) is 0 Å². The lowest BCUT2D eigenvalue weighted by atomic mass is 10.0. The molecule has 4 nitrogen and oxygen atoms in total. The molecule has 0 aliphatic heterocycles. The lowest BCUT2D eigenvalue weighted by Crippen LogP contribution is -2.00. The number of aromatic nitrogens is 4. The van der Waals surface area contributed by atoms with E-state index in [1.807, 2.05) is 78.1 Å². The average Bonchev–Trinajstić information content (AvgIpc) is 3.45. The first kappa shape index (κ1) is 23.6. The standard InChI is InChI=1S/C36H22N4S/c1-4-12-23(13-5-1)32-31-27-18-10-11-19-30(27)41-33(31)28-22-26(20-21-29(28)37-32)36-39-34(24-14-6-2-7-15-24)38-35(40-36)25-16-8-3-9-17-25/h1-22H. The molecule has 0 saturated carbocycles. The van der Waals surface area contributed by atoms with Crippen molar-refractivity contribution in [2.75, 3.05) is 0 Å². The normalized spacial score (nSPS) is 11.4. The molecule has 0 fully saturated rings. The largest absolute Gasteiger partial charge is 0.247 e. The van der Waals surface area contributed by atoms with E-state index in [1.165, 1.54) is 20.2 Å². The van der Waals surface area contributed by atoms with Crippen LogP contribution in [0.4, 0.5) is 0 Å². The maximum atomic E-state index is 5.21. The lowest BCUT2D eigenvalue weighted by molar-refractivity contribution is 1.07. The van der Waals surface area contributed by atoms with Gasteiger partial charge in [-0.25, -0.2) is 19.9 Å². The fourth-order valence-corrected chi connectivity index (χ4v) is 6.57. The molecule has 0 saturated heterocycles. The summed E-state index contributed by atoms with van der Waals surface area (Å²) in [5, 5.41) is 3.51. The van der Waals surface area contributed by atoms with Crippen LogP contribution < -0.4 is 0 Å². The van der Waals surface area contributed by atoms with Gasteiger partial charge >= 0.3 is 0 Å². The van der Waals surface area contributed by atoms with Crippen LogP contribution >= 0.6 is 11.3 Å². The van der Waals surface area contributed by atoms with Crippen molar-refractivity contribution in [1.29, 1.82) is 0 Å². The van der Waals surface area contributed by atoms with Gasteiger partial charge in [-0.2, -0.15) is 0 Å². The monoisotopic (exact) mass is 542 g/mol. The highest BCUT2D eigenvalue weighted by atomic mass is 32.1. The van der Waals surface area contributed by atoms with Crippen LogP contribution in [0.1, 0.15) is 0 Å². The zero-order chi connectivity index (χ0) is 27.2. The lowest BCUT2D eigenvalue weighted by Gasteiger charge is -2.11. The summed E-state index contributed by atoms with van der Waals surface area (Å²) in [6.45, 7) is 0. The third kappa shape index (κ3) is 4.15. The van der Waals surface area contributed by atoms with Crippen molar-refractivity contribution < 1.29 is 0 Å². The molecule has 8 rings (SSSR count). The van der Waals surface area contributed by atoms with E-state index in [0.29, 0.717) is 17.5 Å². The summed E-state index contributed by atoms with van der Waals surface area (Å²) in [5.41, 5.74) is 5.92. The fourth-order valence-electron chi connectivity index (χ4n) is 5.34. The maximum Gasteiger partial charge on any atom is 0.164 e. The van der Waals surface area contributed by atoms with Gasteiger partial charge in [-0.3, -0.25) is 0 Å². The van der Waals surface area contributed by atoms with Crippen LogP contribution in [0.25, 0.3) is 76.5 Å². The predicted molar refractivity (Wildman–Crippen MR) is 170 cm³/mol. The van der Waals surface area contributed by atoms with E-state index >= 15 is 0 Å². The number of rotatable bonds is 4. The van der Waals surface area contributed by atoms with Crippen LogP contribution in [0.5, 0.6) is 0 Å². The van der Waals surface area contributed by atoms with Gasteiger partial charge in [0, 0.05) is 47.8 Å². The Kier molecular flexibility index (Phi) is 5.61. The second kappa shape index (κ2) is 9.73. The fraction of sp³-hybridized carbons (Fsp3) is 0. The molecule has 0 amide bonds. The molecule has 3 heterocycles. The Labute approximate surface area is 240 Å². The Bertz CT molecular complexity index is 2130. The van der Waals surface area contributed by atoms with Gasteiger partial charge in [-0.15, -0.1) is 11.3 Å². The van der Waals surface area contributed by atoms with Crippen LogP contribution in [-0.2, 0) is 0 Å². The number of hydrogen-bond donors (Lipinski definition) is 0. The Balaban J connectivity index is 1.39. The smallest absolute Gasteiger partial charge is 0.164 e. The number of pyridine rings is 1. The zero-order valence-corrected chi connectivity index (χ0v) is 22.7. The third-order valence-corrected chi connectivity index (χ3v) is 8.51. The number of thiophene rings is 1. The average molecular weight is 543 g/mol. The van der Waals surface area contributed by atoms with Crippen molar-refractivity contribution in [1.82, 2.24) is 19.9 Å². The van der Waals surface area contributed by atoms with Gasteiger partial charge in [0.1, 0.15) is 0 Å². The molecule has 41 heavy (non-hydrogen) atoms. The molecular weight excluding hydrogens is 520 g/mol. The highest BCUT2D eigenvalue weighted by Gasteiger charge is 2.18. The van der Waals surface area contributed by atoms with Gasteiger partial charge in [0.15, 0.2) is 17.5 Å². The van der Waals surface area contributed by atoms with Crippen molar-refractivity contribution >= 4 is 42.4 Å². The highest BCUT2D eigenvalue weighted by molar-refractivity contribution is 7.26. The molecule has 0 bridgehead atoms. The van der Waals surface area contributed by atoms with Gasteiger partial charge < -0.3 is 0 Å². The number of fused-ring (bicyclic) bond motifs is 5. The minimum absolute atomic E-state index is 0.640. The van der Waals surface area contributed by atoms with Crippen molar-refractivity contribution in [3.05, 3.63) is 133 Å². The Morgan fingerprint density at radius 3 is 1.59 bits per heavy atom. The summed E-state index contributed by atoms with van der Waals surface area (Å²) in [6, 6.07) is 45.5. The van der Waals surface area contributed by atoms with Crippen LogP contribution in [0.2, 0.25) is 0 Å². The van der Waals surface area contributed by atoms with Gasteiger partial charge in [-0.1, -0.05) is 109 Å². The molecule has 0 N–H and O–H groups in total. The first-order chi connectivity index (χ1) is 20.3. The summed E-state index contributed by atoms with van der Waals surface area (Å²) in [5.74, 6) is 1.94. The molecule has 8 aromatic rings. The highest BCUT2D eigenvalue weighted by Crippen LogP contribution is 2.43. The van der Waals surface area contributed by atoms with Crippen molar-refractivity contribution in [2.45, 2.75) is 0 Å². The van der Waals surface area contributed by atoms with Crippen LogP contribution in [-0.4, -0.2) is 19.9 Å². The molecule has 0 radical (unpaired) electrons. The minimum Gasteiger partial charge on any atom is -0.247 e. The molecule has 0 spiro atoms. The van der Waals surface area contributed by atoms with Gasteiger partial charge in [-0.05, 0) is 24.3 Å². The topological polar surface area (TPSA) is 51.6 Å². The maximum absolute atomic E-state index is 5.21. The second-order valence-corrected chi connectivity index (χ2v) is 11.0. The minimum atomic E-state index is 0.640. The van der Waals surface area contributed by atoms with E-state index in [0.717, 1.165) is 38.9 Å². The first-order valence-electron chi connectivity index (χ1n) is 13.5. The van der Waals surface area contributed by atoms with Crippen molar-refractivity contribution in [3.63, 3.8) is 0 Å². The summed E-state index contributed by atoms with van der Waals surface area (Å²) in [7, 11) is 0. The molecule has 192 valence electrons. The molecule has 5 heteroatoms. The number of benzene rings is 5.